The number of hydrogen-bond acceptors (Lipinski definition) is 5. The van der Waals surface area contributed by atoms with Gasteiger partial charge in [-0.1, -0.05) is 19.4 Å². The van der Waals surface area contributed by atoms with Crippen molar-refractivity contribution in [3.63, 3.8) is 0 Å². The number of amides is 4. The minimum atomic E-state index is -0.647. The van der Waals surface area contributed by atoms with Crippen molar-refractivity contribution in [2.75, 3.05) is 20.7 Å². The van der Waals surface area contributed by atoms with Crippen molar-refractivity contribution in [3.05, 3.63) is 23.9 Å². The summed E-state index contributed by atoms with van der Waals surface area (Å²) in [6.07, 6.45) is 2.71. The summed E-state index contributed by atoms with van der Waals surface area (Å²) in [5.41, 5.74) is 2.91. The molecule has 0 unspecified atom stereocenters. The van der Waals surface area contributed by atoms with E-state index in [9.17, 15) is 14.4 Å². The Hall–Kier alpha value is -2.15. The third-order valence-electron chi connectivity index (χ3n) is 2.81. The van der Waals surface area contributed by atoms with Gasteiger partial charge in [-0.3, -0.25) is 29.7 Å². The van der Waals surface area contributed by atoms with Crippen molar-refractivity contribution in [1.29, 1.82) is 0 Å². The SMILES string of the molecule is C=CCONC(CCC)=C1C(=O)N(C)C(=O)N(C)C1=O. The summed E-state index contributed by atoms with van der Waals surface area (Å²) in [7, 11) is 2.67. The van der Waals surface area contributed by atoms with Gasteiger partial charge in [0.1, 0.15) is 5.57 Å². The van der Waals surface area contributed by atoms with Crippen LogP contribution in [0.15, 0.2) is 23.9 Å². The molecule has 1 N–H and O–H groups in total. The van der Waals surface area contributed by atoms with Gasteiger partial charge in [-0.05, 0) is 6.42 Å². The van der Waals surface area contributed by atoms with Crippen LogP contribution in [0.2, 0.25) is 0 Å². The van der Waals surface area contributed by atoms with Crippen molar-refractivity contribution < 1.29 is 19.2 Å². The summed E-state index contributed by atoms with van der Waals surface area (Å²) in [6, 6.07) is -0.647. The van der Waals surface area contributed by atoms with Gasteiger partial charge in [0.2, 0.25) is 0 Å². The first-order valence-electron chi connectivity index (χ1n) is 6.27. The molecule has 0 atom stereocenters. The number of imide groups is 2. The molecule has 0 bridgehead atoms. The Labute approximate surface area is 117 Å². The third-order valence-corrected chi connectivity index (χ3v) is 2.81. The number of carbonyl (C=O) groups is 3. The Morgan fingerprint density at radius 1 is 1.25 bits per heavy atom. The van der Waals surface area contributed by atoms with Gasteiger partial charge < -0.3 is 0 Å². The minimum Gasteiger partial charge on any atom is -0.272 e. The van der Waals surface area contributed by atoms with Crippen LogP contribution in [-0.2, 0) is 14.4 Å². The van der Waals surface area contributed by atoms with Crippen molar-refractivity contribution in [2.45, 2.75) is 19.8 Å². The van der Waals surface area contributed by atoms with Crippen molar-refractivity contribution >= 4 is 17.8 Å². The quantitative estimate of drug-likeness (QED) is 0.256. The highest BCUT2D eigenvalue weighted by molar-refractivity contribution is 6.28. The van der Waals surface area contributed by atoms with Crippen molar-refractivity contribution in [2.24, 2.45) is 0 Å². The van der Waals surface area contributed by atoms with Gasteiger partial charge in [0.25, 0.3) is 11.8 Å². The molecule has 1 saturated heterocycles. The predicted molar refractivity (Wildman–Crippen MR) is 72.2 cm³/mol. The predicted octanol–water partition coefficient (Wildman–Crippen LogP) is 0.798. The molecular weight excluding hydrogens is 262 g/mol. The van der Waals surface area contributed by atoms with Gasteiger partial charge in [-0.25, -0.2) is 4.79 Å². The smallest absolute Gasteiger partial charge is 0.272 e. The second-order valence-electron chi connectivity index (χ2n) is 4.32. The summed E-state index contributed by atoms with van der Waals surface area (Å²) in [5.74, 6) is -1.26. The van der Waals surface area contributed by atoms with Crippen LogP contribution >= 0.6 is 0 Å². The average molecular weight is 281 g/mol. The maximum Gasteiger partial charge on any atom is 0.333 e. The number of rotatable bonds is 6. The summed E-state index contributed by atoms with van der Waals surface area (Å²) >= 11 is 0. The first-order chi connectivity index (χ1) is 9.45. The fraction of sp³-hybridized carbons (Fsp3) is 0.462. The Morgan fingerprint density at radius 2 is 1.80 bits per heavy atom. The highest BCUT2D eigenvalue weighted by Gasteiger charge is 2.39. The van der Waals surface area contributed by atoms with Crippen LogP contribution in [0.1, 0.15) is 19.8 Å². The highest BCUT2D eigenvalue weighted by atomic mass is 16.6. The van der Waals surface area contributed by atoms with Crippen LogP contribution in [0.25, 0.3) is 0 Å². The summed E-state index contributed by atoms with van der Waals surface area (Å²) in [4.78, 5) is 42.8. The van der Waals surface area contributed by atoms with E-state index in [1.165, 1.54) is 20.2 Å². The molecule has 0 aromatic rings. The topological polar surface area (TPSA) is 79.0 Å². The molecule has 1 rings (SSSR count). The molecule has 1 aliphatic rings. The Balaban J connectivity index is 3.14. The first-order valence-corrected chi connectivity index (χ1v) is 6.27. The molecule has 0 aliphatic carbocycles. The van der Waals surface area contributed by atoms with E-state index in [-0.39, 0.29) is 12.2 Å². The molecule has 20 heavy (non-hydrogen) atoms. The highest BCUT2D eigenvalue weighted by Crippen LogP contribution is 2.19. The summed E-state index contributed by atoms with van der Waals surface area (Å²) in [6.45, 7) is 5.64. The molecule has 0 radical (unpaired) electrons. The zero-order chi connectivity index (χ0) is 15.3. The van der Waals surface area contributed by atoms with Gasteiger partial charge in [-0.15, -0.1) is 6.58 Å². The standard InChI is InChI=1S/C13H19N3O4/c1-5-7-9(14-20-8-6-2)10-11(17)15(3)13(19)16(4)12(10)18/h6,14H,2,5,7-8H2,1,3-4H3. The Bertz CT molecular complexity index is 444. The number of carbonyl (C=O) groups excluding carboxylic acids is 3. The largest absolute Gasteiger partial charge is 0.333 e. The Kier molecular flexibility index (Phi) is 5.45. The molecule has 1 heterocycles. The van der Waals surface area contributed by atoms with E-state index in [1.54, 1.807) is 0 Å². The van der Waals surface area contributed by atoms with Crippen LogP contribution in [0.5, 0.6) is 0 Å². The van der Waals surface area contributed by atoms with E-state index in [0.717, 1.165) is 9.80 Å². The van der Waals surface area contributed by atoms with Gasteiger partial charge in [0.05, 0.1) is 12.3 Å². The van der Waals surface area contributed by atoms with Crippen LogP contribution in [0.3, 0.4) is 0 Å². The second-order valence-corrected chi connectivity index (χ2v) is 4.32. The molecule has 7 nitrogen and oxygen atoms in total. The monoisotopic (exact) mass is 281 g/mol. The lowest BCUT2D eigenvalue weighted by Crippen LogP contribution is -2.54. The van der Waals surface area contributed by atoms with E-state index in [2.05, 4.69) is 12.1 Å². The molecule has 0 aromatic carbocycles. The van der Waals surface area contributed by atoms with Crippen molar-refractivity contribution in [1.82, 2.24) is 15.3 Å². The van der Waals surface area contributed by atoms with Gasteiger partial charge in [-0.2, -0.15) is 0 Å². The van der Waals surface area contributed by atoms with Crippen LogP contribution in [-0.4, -0.2) is 48.3 Å². The number of urea groups is 1. The second kappa shape index (κ2) is 6.85. The molecule has 1 fully saturated rings. The number of hydrogen-bond donors (Lipinski definition) is 1. The summed E-state index contributed by atoms with van der Waals surface area (Å²) < 4.78 is 0. The summed E-state index contributed by atoms with van der Waals surface area (Å²) in [5, 5.41) is 0. The van der Waals surface area contributed by atoms with Crippen LogP contribution in [0, 0.1) is 0 Å². The van der Waals surface area contributed by atoms with Gasteiger partial charge >= 0.3 is 6.03 Å². The number of barbiturate groups is 1. The molecule has 110 valence electrons. The van der Waals surface area contributed by atoms with Crippen LogP contribution < -0.4 is 5.48 Å². The zero-order valence-electron chi connectivity index (χ0n) is 11.9. The van der Waals surface area contributed by atoms with Crippen LogP contribution in [0.4, 0.5) is 4.79 Å². The number of hydroxylamine groups is 1. The fourth-order valence-electron chi connectivity index (χ4n) is 1.75. The number of likely N-dealkylation sites (N-methyl/N-ethyl adjacent to an activating group) is 2. The Morgan fingerprint density at radius 3 is 2.25 bits per heavy atom. The van der Waals surface area contributed by atoms with Gasteiger partial charge in [0.15, 0.2) is 0 Å². The maximum absolute atomic E-state index is 12.1. The molecule has 7 heteroatoms. The normalized spacial score (nSPS) is 15.8. The maximum atomic E-state index is 12.1. The number of nitrogens with one attached hydrogen (secondary N) is 1. The lowest BCUT2D eigenvalue weighted by molar-refractivity contribution is -0.134. The lowest BCUT2D eigenvalue weighted by atomic mass is 10.1. The van der Waals surface area contributed by atoms with E-state index in [1.807, 2.05) is 6.92 Å². The van der Waals surface area contributed by atoms with Crippen molar-refractivity contribution in [3.8, 4) is 0 Å². The fourth-order valence-corrected chi connectivity index (χ4v) is 1.75. The molecule has 4 amide bonds. The van der Waals surface area contributed by atoms with E-state index >= 15 is 0 Å². The lowest BCUT2D eigenvalue weighted by Gasteiger charge is -2.30. The van der Waals surface area contributed by atoms with E-state index < -0.39 is 17.8 Å². The zero-order valence-corrected chi connectivity index (χ0v) is 11.9. The molecule has 0 spiro atoms. The number of allylic oxidation sites excluding steroid dienone is 1. The van der Waals surface area contributed by atoms with E-state index in [4.69, 9.17) is 4.84 Å². The third kappa shape index (κ3) is 3.05. The first kappa shape index (κ1) is 15.9. The molecular formula is C13H19N3O4. The number of nitrogens with zero attached hydrogens (tertiary/aromatic N) is 2. The molecule has 0 saturated carbocycles. The van der Waals surface area contributed by atoms with Gasteiger partial charge in [0, 0.05) is 14.1 Å². The molecule has 0 aromatic heterocycles. The minimum absolute atomic E-state index is 0.0690. The van der Waals surface area contributed by atoms with E-state index in [0.29, 0.717) is 18.5 Å². The molecule has 1 aliphatic heterocycles. The average Bonchev–Trinajstić information content (AvgIpc) is 2.43.